The molecule has 0 amide bonds. The highest BCUT2D eigenvalue weighted by atomic mass is 15.1. The zero-order valence-electron chi connectivity index (χ0n) is 25.4. The second-order valence-corrected chi connectivity index (χ2v) is 12.4. The van der Waals surface area contributed by atoms with E-state index in [1.807, 2.05) is 12.3 Å². The fourth-order valence-corrected chi connectivity index (χ4v) is 7.11. The zero-order chi connectivity index (χ0) is 30.0. The largest absolute Gasteiger partial charge is 0.339 e. The summed E-state index contributed by atoms with van der Waals surface area (Å²) in [6.07, 6.45) is 1.86. The fraction of sp³-hybridized carbons (Fsp3) is 0.122. The van der Waals surface area contributed by atoms with Crippen molar-refractivity contribution in [3.05, 3.63) is 161 Å². The van der Waals surface area contributed by atoms with Gasteiger partial charge in [-0.15, -0.1) is 0 Å². The topological polar surface area (TPSA) is 37.3 Å². The molecule has 1 aliphatic carbocycles. The Balaban J connectivity index is 1.39. The van der Waals surface area contributed by atoms with Crippen molar-refractivity contribution in [1.82, 2.24) is 10.3 Å². The van der Waals surface area contributed by atoms with Gasteiger partial charge in [-0.25, -0.2) is 4.99 Å². The van der Waals surface area contributed by atoms with E-state index in [0.29, 0.717) is 0 Å². The number of para-hydroxylation sites is 1. The van der Waals surface area contributed by atoms with Crippen LogP contribution in [-0.4, -0.2) is 10.8 Å². The molecule has 2 aliphatic rings. The van der Waals surface area contributed by atoms with E-state index < -0.39 is 0 Å². The minimum atomic E-state index is -0.253. The van der Waals surface area contributed by atoms with Crippen LogP contribution in [0.2, 0.25) is 0 Å². The molecular weight excluding hydrogens is 534 g/mol. The van der Waals surface area contributed by atoms with E-state index in [2.05, 4.69) is 142 Å². The van der Waals surface area contributed by atoms with E-state index in [-0.39, 0.29) is 5.41 Å². The van der Waals surface area contributed by atoms with Crippen LogP contribution >= 0.6 is 0 Å². The molecule has 0 fully saturated rings. The number of hydrogen-bond acceptors (Lipinski definition) is 3. The summed E-state index contributed by atoms with van der Waals surface area (Å²) in [4.78, 5) is 10.2. The minimum Gasteiger partial charge on any atom is -0.339 e. The van der Waals surface area contributed by atoms with Gasteiger partial charge in [0.25, 0.3) is 0 Å². The van der Waals surface area contributed by atoms with Crippen molar-refractivity contribution in [2.45, 2.75) is 33.1 Å². The lowest BCUT2D eigenvalue weighted by molar-refractivity contribution is 0.629. The second kappa shape index (κ2) is 9.89. The van der Waals surface area contributed by atoms with Crippen LogP contribution in [0.5, 0.6) is 0 Å². The van der Waals surface area contributed by atoms with E-state index in [1.54, 1.807) is 0 Å². The molecule has 212 valence electrons. The summed E-state index contributed by atoms with van der Waals surface area (Å²) in [5.41, 5.74) is 13.8. The van der Waals surface area contributed by atoms with Gasteiger partial charge < -0.3 is 5.32 Å². The first kappa shape index (κ1) is 26.4. The molecule has 0 saturated heterocycles. The molecule has 0 atom stereocenters. The molecular formula is C41H33N3. The van der Waals surface area contributed by atoms with Gasteiger partial charge in [-0.2, -0.15) is 0 Å². The summed E-state index contributed by atoms with van der Waals surface area (Å²) in [6, 6.07) is 41.2. The molecule has 0 unspecified atom stereocenters. The molecule has 6 aromatic rings. The van der Waals surface area contributed by atoms with E-state index in [1.165, 1.54) is 55.3 Å². The minimum absolute atomic E-state index is 0.253. The number of nitrogens with one attached hydrogen (secondary N) is 1. The number of amidine groups is 1. The van der Waals surface area contributed by atoms with Crippen LogP contribution < -0.4 is 5.32 Å². The number of pyridine rings is 1. The number of allylic oxidation sites excluding steroid dienone is 3. The van der Waals surface area contributed by atoms with Crippen molar-refractivity contribution >= 4 is 38.7 Å². The molecule has 3 nitrogen and oxygen atoms in total. The highest BCUT2D eigenvalue weighted by Gasteiger charge is 2.42. The standard InChI is InChI=1S/C41H33N3/c1-25-23-28-13-5-6-14-29(28)24-34(25)31-18-8-7-17-30(31)26(2)37-36-32-19-9-10-21-35(32)41(3,4)39(36)44-40(43-37)33-20-11-15-27-16-12-22-42-38(27)33/h5-24H,1-4H3,(H,43,44)/b37-26+. The first-order chi connectivity index (χ1) is 21.4. The number of rotatable bonds is 3. The Hall–Kier alpha value is -5.28. The number of aromatic nitrogens is 1. The van der Waals surface area contributed by atoms with E-state index >= 15 is 0 Å². The molecule has 1 N–H and O–H groups in total. The Kier molecular flexibility index (Phi) is 5.92. The highest BCUT2D eigenvalue weighted by molar-refractivity contribution is 6.14. The van der Waals surface area contributed by atoms with Crippen LogP contribution in [0.1, 0.15) is 48.6 Å². The predicted molar refractivity (Wildman–Crippen MR) is 185 cm³/mol. The van der Waals surface area contributed by atoms with Gasteiger partial charge in [0.05, 0.1) is 16.9 Å². The Morgan fingerprint density at radius 3 is 2.16 bits per heavy atom. The van der Waals surface area contributed by atoms with E-state index in [4.69, 9.17) is 9.98 Å². The third kappa shape index (κ3) is 3.96. The van der Waals surface area contributed by atoms with Crippen molar-refractivity contribution in [3.8, 4) is 11.1 Å². The van der Waals surface area contributed by atoms with Crippen molar-refractivity contribution in [1.29, 1.82) is 0 Å². The highest BCUT2D eigenvalue weighted by Crippen LogP contribution is 2.51. The third-order valence-electron chi connectivity index (χ3n) is 9.39. The number of hydrogen-bond donors (Lipinski definition) is 1. The molecule has 2 heterocycles. The quantitative estimate of drug-likeness (QED) is 0.231. The van der Waals surface area contributed by atoms with Crippen molar-refractivity contribution in [2.75, 3.05) is 0 Å². The monoisotopic (exact) mass is 567 g/mol. The number of fused-ring (bicyclic) bond motifs is 4. The van der Waals surface area contributed by atoms with E-state index in [9.17, 15) is 0 Å². The van der Waals surface area contributed by atoms with Gasteiger partial charge >= 0.3 is 0 Å². The van der Waals surface area contributed by atoms with Gasteiger partial charge in [0.2, 0.25) is 0 Å². The summed E-state index contributed by atoms with van der Waals surface area (Å²) >= 11 is 0. The summed E-state index contributed by atoms with van der Waals surface area (Å²) in [6.45, 7) is 9.05. The van der Waals surface area contributed by atoms with Gasteiger partial charge in [-0.3, -0.25) is 4.98 Å². The van der Waals surface area contributed by atoms with Crippen molar-refractivity contribution in [3.63, 3.8) is 0 Å². The Morgan fingerprint density at radius 2 is 1.32 bits per heavy atom. The maximum Gasteiger partial charge on any atom is 0.140 e. The van der Waals surface area contributed by atoms with Gasteiger partial charge in [-0.05, 0) is 81.8 Å². The maximum atomic E-state index is 5.40. The summed E-state index contributed by atoms with van der Waals surface area (Å²) in [5, 5.41) is 7.48. The molecule has 8 rings (SSSR count). The molecule has 0 spiro atoms. The van der Waals surface area contributed by atoms with Crippen LogP contribution in [0.25, 0.3) is 43.9 Å². The van der Waals surface area contributed by atoms with Crippen LogP contribution in [0, 0.1) is 6.92 Å². The molecule has 1 aliphatic heterocycles. The normalized spacial score (nSPS) is 16.4. The summed E-state index contributed by atoms with van der Waals surface area (Å²) < 4.78 is 0. The third-order valence-corrected chi connectivity index (χ3v) is 9.39. The molecule has 0 radical (unpaired) electrons. The zero-order valence-corrected chi connectivity index (χ0v) is 25.4. The van der Waals surface area contributed by atoms with Crippen molar-refractivity contribution in [2.24, 2.45) is 4.99 Å². The predicted octanol–water partition coefficient (Wildman–Crippen LogP) is 9.85. The Bertz CT molecular complexity index is 2240. The lowest BCUT2D eigenvalue weighted by atomic mass is 9.84. The van der Waals surface area contributed by atoms with Gasteiger partial charge in [0, 0.05) is 28.1 Å². The second-order valence-electron chi connectivity index (χ2n) is 12.4. The lowest BCUT2D eigenvalue weighted by Crippen LogP contribution is -2.31. The van der Waals surface area contributed by atoms with Gasteiger partial charge in [0.15, 0.2) is 0 Å². The molecule has 1 aromatic heterocycles. The smallest absolute Gasteiger partial charge is 0.140 e. The molecule has 0 saturated carbocycles. The number of benzene rings is 5. The molecule has 3 heteroatoms. The molecule has 0 bridgehead atoms. The molecule has 5 aromatic carbocycles. The first-order valence-electron chi connectivity index (χ1n) is 15.3. The van der Waals surface area contributed by atoms with E-state index in [0.717, 1.165) is 33.7 Å². The first-order valence-corrected chi connectivity index (χ1v) is 15.3. The maximum absolute atomic E-state index is 5.40. The van der Waals surface area contributed by atoms with Crippen LogP contribution in [0.15, 0.2) is 138 Å². The van der Waals surface area contributed by atoms with Crippen LogP contribution in [0.4, 0.5) is 0 Å². The lowest BCUT2D eigenvalue weighted by Gasteiger charge is -2.28. The summed E-state index contributed by atoms with van der Waals surface area (Å²) in [5.74, 6) is 0.836. The summed E-state index contributed by atoms with van der Waals surface area (Å²) in [7, 11) is 0. The average Bonchev–Trinajstić information content (AvgIpc) is 3.29. The Morgan fingerprint density at radius 1 is 0.659 bits per heavy atom. The number of aliphatic imine (C=N–C) groups is 1. The van der Waals surface area contributed by atoms with Crippen molar-refractivity contribution < 1.29 is 0 Å². The van der Waals surface area contributed by atoms with Gasteiger partial charge in [0.1, 0.15) is 5.84 Å². The van der Waals surface area contributed by atoms with Crippen LogP contribution in [-0.2, 0) is 5.41 Å². The molecule has 44 heavy (non-hydrogen) atoms. The Labute approximate surface area is 258 Å². The van der Waals surface area contributed by atoms with Crippen LogP contribution in [0.3, 0.4) is 0 Å². The van der Waals surface area contributed by atoms with Gasteiger partial charge in [-0.1, -0.05) is 111 Å². The number of nitrogens with zero attached hydrogens (tertiary/aromatic N) is 2. The SMILES string of the molecule is C/C(=C1\NC(c2cccc3cccnc23)=NC2=C1c1ccccc1C2(C)C)c1ccccc1-c1cc2ccccc2cc1C. The average molecular weight is 568 g/mol. The fourth-order valence-electron chi connectivity index (χ4n) is 7.11. The number of aryl methyl sites for hydroxylation is 1.